The Kier molecular flexibility index (Phi) is 4.13. The van der Waals surface area contributed by atoms with Gasteiger partial charge in [0.25, 0.3) is 5.91 Å². The number of hydrogen-bond acceptors (Lipinski definition) is 4. The molecule has 4 N–H and O–H groups in total. The Labute approximate surface area is 94.2 Å². The first-order valence-corrected chi connectivity index (χ1v) is 4.94. The lowest BCUT2D eigenvalue weighted by atomic mass is 10.1. The summed E-state index contributed by atoms with van der Waals surface area (Å²) in [5.41, 5.74) is 6.56. The molecule has 0 saturated heterocycles. The van der Waals surface area contributed by atoms with Gasteiger partial charge in [0, 0.05) is 12.1 Å². The molecule has 16 heavy (non-hydrogen) atoms. The van der Waals surface area contributed by atoms with Gasteiger partial charge in [-0.05, 0) is 25.1 Å². The fourth-order valence-corrected chi connectivity index (χ4v) is 1.19. The number of nitrogens with one attached hydrogen (secondary N) is 1. The molecule has 1 aromatic rings. The van der Waals surface area contributed by atoms with Crippen molar-refractivity contribution >= 4 is 11.6 Å². The second-order valence-electron chi connectivity index (χ2n) is 3.52. The van der Waals surface area contributed by atoms with Crippen LogP contribution in [0.25, 0.3) is 0 Å². The minimum atomic E-state index is -0.570. The summed E-state index contributed by atoms with van der Waals surface area (Å²) < 4.78 is 5.01. The van der Waals surface area contributed by atoms with Crippen LogP contribution in [0.5, 0.6) is 5.75 Å². The molecule has 0 aliphatic heterocycles. The first kappa shape index (κ1) is 12.3. The number of carbonyl (C=O) groups excluding carboxylic acids is 1. The molecule has 88 valence electrons. The highest BCUT2D eigenvalue weighted by Crippen LogP contribution is 2.21. The molecule has 1 amide bonds. The van der Waals surface area contributed by atoms with Gasteiger partial charge in [0.15, 0.2) is 0 Å². The van der Waals surface area contributed by atoms with Crippen LogP contribution >= 0.6 is 0 Å². The first-order chi connectivity index (χ1) is 7.54. The van der Waals surface area contributed by atoms with Crippen LogP contribution in [0.4, 0.5) is 5.69 Å². The number of nitrogen functional groups attached to an aromatic ring is 1. The van der Waals surface area contributed by atoms with Gasteiger partial charge in [-0.3, -0.25) is 4.79 Å². The number of aliphatic hydroxyl groups is 1. The smallest absolute Gasteiger partial charge is 0.251 e. The predicted octanol–water partition coefficient (Wildman–Crippen LogP) is 0.388. The second kappa shape index (κ2) is 5.37. The van der Waals surface area contributed by atoms with E-state index in [-0.39, 0.29) is 12.5 Å². The van der Waals surface area contributed by atoms with Crippen molar-refractivity contribution in [1.29, 1.82) is 0 Å². The van der Waals surface area contributed by atoms with Gasteiger partial charge in [-0.15, -0.1) is 0 Å². The van der Waals surface area contributed by atoms with Crippen LogP contribution in [-0.4, -0.2) is 30.8 Å². The molecule has 0 aromatic heterocycles. The van der Waals surface area contributed by atoms with E-state index in [1.165, 1.54) is 7.11 Å². The van der Waals surface area contributed by atoms with E-state index in [0.29, 0.717) is 17.0 Å². The van der Waals surface area contributed by atoms with E-state index in [4.69, 9.17) is 15.6 Å². The number of hydrogen-bond donors (Lipinski definition) is 3. The molecule has 1 rings (SSSR count). The van der Waals surface area contributed by atoms with Crippen molar-refractivity contribution in [3.8, 4) is 5.75 Å². The van der Waals surface area contributed by atoms with E-state index < -0.39 is 6.10 Å². The Balaban J connectivity index is 2.76. The predicted molar refractivity (Wildman–Crippen MR) is 61.4 cm³/mol. The summed E-state index contributed by atoms with van der Waals surface area (Å²) in [5.74, 6) is 0.198. The monoisotopic (exact) mass is 224 g/mol. The maximum Gasteiger partial charge on any atom is 0.251 e. The summed E-state index contributed by atoms with van der Waals surface area (Å²) in [5, 5.41) is 11.6. The lowest BCUT2D eigenvalue weighted by Crippen LogP contribution is -2.30. The first-order valence-electron chi connectivity index (χ1n) is 4.94. The fraction of sp³-hybridized carbons (Fsp3) is 0.364. The molecule has 0 heterocycles. The molecule has 1 atom stereocenters. The molecule has 5 nitrogen and oxygen atoms in total. The molecule has 5 heteroatoms. The van der Waals surface area contributed by atoms with Crippen LogP contribution in [0.1, 0.15) is 17.3 Å². The van der Waals surface area contributed by atoms with Gasteiger partial charge in [0.05, 0.1) is 18.9 Å². The van der Waals surface area contributed by atoms with E-state index in [1.54, 1.807) is 25.1 Å². The lowest BCUT2D eigenvalue weighted by Gasteiger charge is -2.09. The number of anilines is 1. The van der Waals surface area contributed by atoms with Gasteiger partial charge < -0.3 is 20.9 Å². The number of nitrogens with two attached hydrogens (primary N) is 1. The van der Waals surface area contributed by atoms with Gasteiger partial charge in [-0.25, -0.2) is 0 Å². The number of carbonyl (C=O) groups is 1. The van der Waals surface area contributed by atoms with Gasteiger partial charge >= 0.3 is 0 Å². The number of aliphatic hydroxyl groups excluding tert-OH is 1. The summed E-state index contributed by atoms with van der Waals surface area (Å²) in [4.78, 5) is 11.6. The normalized spacial score (nSPS) is 11.9. The second-order valence-corrected chi connectivity index (χ2v) is 3.52. The van der Waals surface area contributed by atoms with Crippen molar-refractivity contribution in [3.05, 3.63) is 23.8 Å². The number of methoxy groups -OCH3 is 1. The van der Waals surface area contributed by atoms with E-state index in [0.717, 1.165) is 0 Å². The van der Waals surface area contributed by atoms with E-state index >= 15 is 0 Å². The largest absolute Gasteiger partial charge is 0.495 e. The van der Waals surface area contributed by atoms with Crippen molar-refractivity contribution in [3.63, 3.8) is 0 Å². The van der Waals surface area contributed by atoms with Crippen LogP contribution in [-0.2, 0) is 0 Å². The van der Waals surface area contributed by atoms with Gasteiger partial charge in [-0.2, -0.15) is 0 Å². The molecule has 0 radical (unpaired) electrons. The zero-order chi connectivity index (χ0) is 12.1. The molecule has 1 unspecified atom stereocenters. The standard InChI is InChI=1S/C11H16N2O3/c1-7(14)6-13-11(15)8-3-4-9(12)10(5-8)16-2/h3-5,7,14H,6,12H2,1-2H3,(H,13,15). The molecule has 1 aromatic carbocycles. The van der Waals surface area contributed by atoms with Crippen molar-refractivity contribution in [2.45, 2.75) is 13.0 Å². The SMILES string of the molecule is COc1cc(C(=O)NCC(C)O)ccc1N. The number of ether oxygens (including phenoxy) is 1. The Morgan fingerprint density at radius 2 is 2.31 bits per heavy atom. The van der Waals surface area contributed by atoms with Crippen molar-refractivity contribution in [2.24, 2.45) is 0 Å². The van der Waals surface area contributed by atoms with Crippen molar-refractivity contribution in [1.82, 2.24) is 5.32 Å². The Morgan fingerprint density at radius 3 is 2.88 bits per heavy atom. The minimum absolute atomic E-state index is 0.214. The summed E-state index contributed by atoms with van der Waals surface area (Å²) in [6.45, 7) is 1.81. The van der Waals surface area contributed by atoms with Crippen molar-refractivity contribution in [2.75, 3.05) is 19.4 Å². The zero-order valence-electron chi connectivity index (χ0n) is 9.36. The highest BCUT2D eigenvalue weighted by atomic mass is 16.5. The number of rotatable bonds is 4. The van der Waals surface area contributed by atoms with Crippen LogP contribution in [0.3, 0.4) is 0 Å². The van der Waals surface area contributed by atoms with E-state index in [9.17, 15) is 4.79 Å². The summed E-state index contributed by atoms with van der Waals surface area (Å²) >= 11 is 0. The van der Waals surface area contributed by atoms with Gasteiger partial charge in [0.2, 0.25) is 0 Å². The molecular formula is C11H16N2O3. The summed E-state index contributed by atoms with van der Waals surface area (Å²) in [7, 11) is 1.49. The highest BCUT2D eigenvalue weighted by molar-refractivity contribution is 5.95. The van der Waals surface area contributed by atoms with Crippen LogP contribution in [0, 0.1) is 0 Å². The van der Waals surface area contributed by atoms with Crippen LogP contribution in [0.2, 0.25) is 0 Å². The molecule has 0 aliphatic rings. The topological polar surface area (TPSA) is 84.6 Å². The Hall–Kier alpha value is -1.75. The van der Waals surface area contributed by atoms with Gasteiger partial charge in [-0.1, -0.05) is 0 Å². The third-order valence-electron chi connectivity index (χ3n) is 2.05. The molecule has 0 saturated carbocycles. The zero-order valence-corrected chi connectivity index (χ0v) is 9.36. The molecular weight excluding hydrogens is 208 g/mol. The molecule has 0 fully saturated rings. The number of amides is 1. The van der Waals surface area contributed by atoms with Crippen LogP contribution in [0.15, 0.2) is 18.2 Å². The Morgan fingerprint density at radius 1 is 1.62 bits per heavy atom. The average Bonchev–Trinajstić information content (AvgIpc) is 2.26. The van der Waals surface area contributed by atoms with E-state index in [1.807, 2.05) is 0 Å². The molecule has 0 aliphatic carbocycles. The van der Waals surface area contributed by atoms with Crippen molar-refractivity contribution < 1.29 is 14.6 Å². The summed E-state index contributed by atoms with van der Waals surface area (Å²) in [6, 6.07) is 4.78. The molecule has 0 bridgehead atoms. The summed E-state index contributed by atoms with van der Waals surface area (Å²) in [6.07, 6.45) is -0.570. The maximum atomic E-state index is 11.6. The fourth-order valence-electron chi connectivity index (χ4n) is 1.19. The lowest BCUT2D eigenvalue weighted by molar-refractivity contribution is 0.0923. The van der Waals surface area contributed by atoms with E-state index in [2.05, 4.69) is 5.32 Å². The Bertz CT molecular complexity index is 377. The maximum absolute atomic E-state index is 11.6. The average molecular weight is 224 g/mol. The molecule has 0 spiro atoms. The number of benzene rings is 1. The quantitative estimate of drug-likeness (QED) is 0.646. The third-order valence-corrected chi connectivity index (χ3v) is 2.05. The minimum Gasteiger partial charge on any atom is -0.495 e. The highest BCUT2D eigenvalue weighted by Gasteiger charge is 2.09. The third kappa shape index (κ3) is 3.13. The van der Waals surface area contributed by atoms with Crippen LogP contribution < -0.4 is 15.8 Å². The van der Waals surface area contributed by atoms with Gasteiger partial charge in [0.1, 0.15) is 5.75 Å².